The van der Waals surface area contributed by atoms with Gasteiger partial charge in [-0.05, 0) is 12.1 Å². The first kappa shape index (κ1) is 15.6. The highest BCUT2D eigenvalue weighted by atomic mass is 79.9. The van der Waals surface area contributed by atoms with E-state index in [0.717, 1.165) is 25.2 Å². The van der Waals surface area contributed by atoms with Crippen LogP contribution in [0.3, 0.4) is 0 Å². The molecule has 2 rings (SSSR count). The number of quaternary nitrogens is 1. The van der Waals surface area contributed by atoms with E-state index in [4.69, 9.17) is 9.47 Å². The maximum atomic E-state index is 13.5. The van der Waals surface area contributed by atoms with E-state index >= 15 is 0 Å². The molecule has 0 saturated carbocycles. The lowest BCUT2D eigenvalue weighted by atomic mass is 10.3. The van der Waals surface area contributed by atoms with Crippen molar-refractivity contribution < 1.29 is 28.3 Å². The molecule has 1 fully saturated rings. The Balaban J connectivity index is 1.85. The number of nitrogens with one attached hydrogen (secondary N) is 1. The van der Waals surface area contributed by atoms with Gasteiger partial charge in [0.1, 0.15) is 32.3 Å². The second-order valence-corrected chi connectivity index (χ2v) is 5.65. The summed E-state index contributed by atoms with van der Waals surface area (Å²) in [6, 6.07) is 2.25. The average molecular weight is 353 g/mol. The van der Waals surface area contributed by atoms with E-state index in [2.05, 4.69) is 15.9 Å². The normalized spacial score (nSPS) is 18.0. The van der Waals surface area contributed by atoms with Crippen molar-refractivity contribution in [3.63, 3.8) is 0 Å². The average Bonchev–Trinajstić information content (AvgIpc) is 2.38. The van der Waals surface area contributed by atoms with E-state index in [9.17, 15) is 13.9 Å². The van der Waals surface area contributed by atoms with E-state index in [0.29, 0.717) is 24.2 Å². The van der Waals surface area contributed by atoms with E-state index in [1.165, 1.54) is 4.90 Å². The van der Waals surface area contributed by atoms with Crippen LogP contribution in [0.25, 0.3) is 0 Å². The molecule has 0 aliphatic carbocycles. The molecular weight excluding hydrogens is 336 g/mol. The van der Waals surface area contributed by atoms with Crippen molar-refractivity contribution >= 4 is 15.9 Å². The first-order chi connectivity index (χ1) is 9.56. The van der Waals surface area contributed by atoms with Gasteiger partial charge in [-0.15, -0.1) is 0 Å². The highest BCUT2D eigenvalue weighted by Crippen LogP contribution is 2.25. The summed E-state index contributed by atoms with van der Waals surface area (Å²) in [5.74, 6) is -2.03. The van der Waals surface area contributed by atoms with Crippen LogP contribution in [0.2, 0.25) is 0 Å². The fourth-order valence-corrected chi connectivity index (χ4v) is 2.50. The van der Waals surface area contributed by atoms with Gasteiger partial charge in [-0.3, -0.25) is 0 Å². The number of hydrogen-bond acceptors (Lipinski definition) is 3. The zero-order valence-corrected chi connectivity index (χ0v) is 12.5. The van der Waals surface area contributed by atoms with Crippen molar-refractivity contribution in [2.75, 3.05) is 39.5 Å². The van der Waals surface area contributed by atoms with Crippen LogP contribution in [0.1, 0.15) is 0 Å². The number of ether oxygens (including phenoxy) is 2. The Labute approximate surface area is 124 Å². The first-order valence-electron chi connectivity index (χ1n) is 6.43. The largest absolute Gasteiger partial charge is 0.485 e. The lowest BCUT2D eigenvalue weighted by Crippen LogP contribution is -3.15. The van der Waals surface area contributed by atoms with Gasteiger partial charge in [0, 0.05) is 4.47 Å². The summed E-state index contributed by atoms with van der Waals surface area (Å²) in [4.78, 5) is 1.20. The Morgan fingerprint density at radius 2 is 1.90 bits per heavy atom. The van der Waals surface area contributed by atoms with Gasteiger partial charge in [0.15, 0.2) is 17.4 Å². The molecule has 0 amide bonds. The molecular formula is C13H17BrF2NO3+. The number of halogens is 3. The number of hydrogen-bond donors (Lipinski definition) is 2. The molecule has 1 saturated heterocycles. The molecule has 4 nitrogen and oxygen atoms in total. The predicted octanol–water partition coefficient (Wildman–Crippen LogP) is 0.382. The highest BCUT2D eigenvalue weighted by molar-refractivity contribution is 9.10. The number of rotatable bonds is 5. The minimum atomic E-state index is -0.789. The molecule has 0 aromatic heterocycles. The van der Waals surface area contributed by atoms with Gasteiger partial charge >= 0.3 is 0 Å². The quantitative estimate of drug-likeness (QED) is 0.805. The summed E-state index contributed by atoms with van der Waals surface area (Å²) >= 11 is 2.99. The van der Waals surface area contributed by atoms with E-state index < -0.39 is 23.5 Å². The van der Waals surface area contributed by atoms with Gasteiger partial charge in [0.05, 0.1) is 13.2 Å². The fraction of sp³-hybridized carbons (Fsp3) is 0.538. The SMILES string of the molecule is OC(COc1c(F)cc(Br)cc1F)C[NH+]1CCOCC1. The van der Waals surface area contributed by atoms with Crippen LogP contribution in [0, 0.1) is 11.6 Å². The van der Waals surface area contributed by atoms with Gasteiger partial charge in [0.25, 0.3) is 0 Å². The van der Waals surface area contributed by atoms with E-state index in [1.54, 1.807) is 0 Å². The van der Waals surface area contributed by atoms with Crippen LogP contribution in [0.5, 0.6) is 5.75 Å². The number of benzene rings is 1. The van der Waals surface area contributed by atoms with Gasteiger partial charge in [-0.25, -0.2) is 8.78 Å². The Kier molecular flexibility index (Phi) is 5.71. The smallest absolute Gasteiger partial charge is 0.190 e. The van der Waals surface area contributed by atoms with Crippen LogP contribution in [-0.2, 0) is 4.74 Å². The zero-order chi connectivity index (χ0) is 14.5. The second kappa shape index (κ2) is 7.31. The molecule has 0 spiro atoms. The van der Waals surface area contributed by atoms with Crippen molar-refractivity contribution in [1.82, 2.24) is 0 Å². The predicted molar refractivity (Wildman–Crippen MR) is 71.9 cm³/mol. The molecule has 1 heterocycles. The minimum Gasteiger partial charge on any atom is -0.485 e. The number of aliphatic hydroxyl groups is 1. The maximum Gasteiger partial charge on any atom is 0.190 e. The molecule has 1 unspecified atom stereocenters. The summed E-state index contributed by atoms with van der Waals surface area (Å²) in [6.45, 7) is 3.30. The van der Waals surface area contributed by atoms with Crippen molar-refractivity contribution in [3.05, 3.63) is 28.2 Å². The third kappa shape index (κ3) is 4.37. The van der Waals surface area contributed by atoms with Crippen LogP contribution >= 0.6 is 15.9 Å². The van der Waals surface area contributed by atoms with E-state index in [1.807, 2.05) is 0 Å². The molecule has 1 aliphatic heterocycles. The number of morpholine rings is 1. The van der Waals surface area contributed by atoms with Crippen LogP contribution in [0.15, 0.2) is 16.6 Å². The summed E-state index contributed by atoms with van der Waals surface area (Å²) in [6.07, 6.45) is -0.773. The first-order valence-corrected chi connectivity index (χ1v) is 7.22. The third-order valence-electron chi connectivity index (χ3n) is 3.11. The molecule has 1 aromatic carbocycles. The Morgan fingerprint density at radius 1 is 1.30 bits per heavy atom. The zero-order valence-electron chi connectivity index (χ0n) is 10.9. The number of aliphatic hydroxyl groups excluding tert-OH is 1. The topological polar surface area (TPSA) is 43.1 Å². The molecule has 1 aromatic rings. The van der Waals surface area contributed by atoms with Gasteiger partial charge < -0.3 is 19.5 Å². The van der Waals surface area contributed by atoms with Crippen molar-refractivity contribution in [2.45, 2.75) is 6.10 Å². The standard InChI is InChI=1S/C13H16BrF2NO3/c14-9-5-11(15)13(12(16)6-9)20-8-10(18)7-17-1-3-19-4-2-17/h5-6,10,18H,1-4,7-8H2/p+1. The third-order valence-corrected chi connectivity index (χ3v) is 3.57. The molecule has 2 N–H and O–H groups in total. The molecule has 7 heteroatoms. The van der Waals surface area contributed by atoms with Gasteiger partial charge in [0.2, 0.25) is 0 Å². The maximum absolute atomic E-state index is 13.5. The molecule has 112 valence electrons. The lowest BCUT2D eigenvalue weighted by molar-refractivity contribution is -0.911. The molecule has 0 bridgehead atoms. The minimum absolute atomic E-state index is 0.139. The lowest BCUT2D eigenvalue weighted by Gasteiger charge is -2.25. The van der Waals surface area contributed by atoms with Crippen molar-refractivity contribution in [1.29, 1.82) is 0 Å². The summed E-state index contributed by atoms with van der Waals surface area (Å²) in [7, 11) is 0. The second-order valence-electron chi connectivity index (χ2n) is 4.73. The Hall–Kier alpha value is -0.760. The summed E-state index contributed by atoms with van der Waals surface area (Å²) in [5, 5.41) is 9.86. The van der Waals surface area contributed by atoms with Crippen LogP contribution in [0.4, 0.5) is 8.78 Å². The van der Waals surface area contributed by atoms with Crippen LogP contribution in [-0.4, -0.2) is 50.7 Å². The van der Waals surface area contributed by atoms with Crippen molar-refractivity contribution in [3.8, 4) is 5.75 Å². The van der Waals surface area contributed by atoms with Crippen molar-refractivity contribution in [2.24, 2.45) is 0 Å². The van der Waals surface area contributed by atoms with Crippen LogP contribution < -0.4 is 9.64 Å². The monoisotopic (exact) mass is 352 g/mol. The Bertz CT molecular complexity index is 432. The molecule has 1 atom stereocenters. The van der Waals surface area contributed by atoms with E-state index in [-0.39, 0.29) is 6.61 Å². The molecule has 1 aliphatic rings. The molecule has 0 radical (unpaired) electrons. The summed E-state index contributed by atoms with van der Waals surface area (Å²) < 4.78 is 37.6. The Morgan fingerprint density at radius 3 is 2.50 bits per heavy atom. The van der Waals surface area contributed by atoms with Gasteiger partial charge in [-0.2, -0.15) is 0 Å². The van der Waals surface area contributed by atoms with Gasteiger partial charge in [-0.1, -0.05) is 15.9 Å². The highest BCUT2D eigenvalue weighted by Gasteiger charge is 2.20. The molecule has 20 heavy (non-hydrogen) atoms. The fourth-order valence-electron chi connectivity index (χ4n) is 2.10. The summed E-state index contributed by atoms with van der Waals surface area (Å²) in [5.41, 5.74) is 0.